The van der Waals surface area contributed by atoms with E-state index in [0.29, 0.717) is 5.56 Å². The number of aliphatic hydroxyl groups excluding tert-OH is 2. The van der Waals surface area contributed by atoms with Gasteiger partial charge in [0.1, 0.15) is 42.0 Å². The summed E-state index contributed by atoms with van der Waals surface area (Å²) in [5.74, 6) is -8.48. The molecule has 0 aromatic heterocycles. The molecule has 0 aliphatic carbocycles. The molecule has 320 valence electrons. The van der Waals surface area contributed by atoms with E-state index in [9.17, 15) is 58.8 Å². The minimum Gasteiger partial charge on any atom is -0.508 e. The van der Waals surface area contributed by atoms with Crippen molar-refractivity contribution in [1.82, 2.24) is 37.2 Å². The molecule has 21 heteroatoms. The van der Waals surface area contributed by atoms with Gasteiger partial charge in [0.15, 0.2) is 0 Å². The van der Waals surface area contributed by atoms with E-state index < -0.39 is 114 Å². The topological polar surface area (TPSA) is 328 Å². The fourth-order valence-corrected chi connectivity index (χ4v) is 5.40. The van der Waals surface area contributed by atoms with Crippen molar-refractivity contribution in [2.45, 2.75) is 116 Å². The molecule has 0 spiro atoms. The molecule has 0 radical (unpaired) electrons. The maximum absolute atomic E-state index is 13.4. The molecule has 0 bridgehead atoms. The van der Waals surface area contributed by atoms with Crippen LogP contribution in [0.4, 0.5) is 0 Å². The molecule has 0 aliphatic heterocycles. The summed E-state index contributed by atoms with van der Waals surface area (Å²) in [4.78, 5) is 103. The van der Waals surface area contributed by atoms with Crippen LogP contribution in [-0.4, -0.2) is 135 Å². The van der Waals surface area contributed by atoms with Gasteiger partial charge in [-0.25, -0.2) is 4.79 Å². The number of hydrogen-bond donors (Lipinski definition) is 13. The summed E-state index contributed by atoms with van der Waals surface area (Å²) in [5, 5.41) is 56.6. The summed E-state index contributed by atoms with van der Waals surface area (Å²) in [6.07, 6.45) is -3.07. The molecule has 7 amide bonds. The summed E-state index contributed by atoms with van der Waals surface area (Å²) in [6.45, 7) is 9.86. The SMILES string of the molecule is CC(C)C[C@H](NC(=O)[C@H](C)N)C(=O)NCC(=O)N[C@H](C(=O)N[C@H](C(=O)N[C@@H](CS)C(=O)N[C@@H](Cc1ccc(O)cc1)C(=O)N[C@H](C(=O)O)C(C)C)[C@@H](C)O)[C@@H](C)O. The van der Waals surface area contributed by atoms with Gasteiger partial charge in [-0.15, -0.1) is 0 Å². The first-order chi connectivity index (χ1) is 26.5. The second kappa shape index (κ2) is 23.9. The van der Waals surface area contributed by atoms with Crippen LogP contribution in [0.5, 0.6) is 5.75 Å². The first-order valence-electron chi connectivity index (χ1n) is 18.3. The van der Waals surface area contributed by atoms with E-state index in [1.807, 2.05) is 13.8 Å². The second-order valence-corrected chi connectivity index (χ2v) is 14.8. The molecule has 0 saturated heterocycles. The average Bonchev–Trinajstić information content (AvgIpc) is 3.11. The number of phenols is 1. The standard InChI is InChI=1S/C36H58N8O12S/c1-16(2)12-23(39-30(49)18(5)37)31(50)38-14-26(48)42-28(19(6)45)35(54)44-29(20(7)46)34(53)41-25(15-57)33(52)40-24(13-21-8-10-22(47)11-9-21)32(51)43-27(17(3)4)36(55)56/h8-11,16-20,23-25,27-29,45-47,57H,12-15,37H2,1-7H3,(H,38,50)(H,39,49)(H,40,52)(H,41,53)(H,42,48)(H,43,51)(H,44,54)(H,55,56)/t18-,19+,20+,23-,24-,25-,27-,28-,29-/m0/s1. The summed E-state index contributed by atoms with van der Waals surface area (Å²) in [7, 11) is 0. The van der Waals surface area contributed by atoms with Gasteiger partial charge >= 0.3 is 5.97 Å². The quantitative estimate of drug-likeness (QED) is 0.0484. The predicted octanol–water partition coefficient (Wildman–Crippen LogP) is -3.22. The van der Waals surface area contributed by atoms with E-state index in [0.717, 1.165) is 13.8 Å². The first-order valence-corrected chi connectivity index (χ1v) is 18.9. The third kappa shape index (κ3) is 17.4. The lowest BCUT2D eigenvalue weighted by molar-refractivity contribution is -0.143. The van der Waals surface area contributed by atoms with Gasteiger partial charge in [0.25, 0.3) is 0 Å². The molecule has 1 rings (SSSR count). The highest BCUT2D eigenvalue weighted by Crippen LogP contribution is 2.13. The third-order valence-electron chi connectivity index (χ3n) is 8.38. The number of nitrogens with one attached hydrogen (secondary N) is 7. The molecular formula is C36H58N8O12S. The maximum Gasteiger partial charge on any atom is 0.326 e. The van der Waals surface area contributed by atoms with Crippen LogP contribution in [0.3, 0.4) is 0 Å². The Kier molecular flexibility index (Phi) is 21.0. The Morgan fingerprint density at radius 2 is 1.11 bits per heavy atom. The largest absolute Gasteiger partial charge is 0.508 e. The van der Waals surface area contributed by atoms with Crippen molar-refractivity contribution in [3.05, 3.63) is 29.8 Å². The number of rotatable bonds is 23. The van der Waals surface area contributed by atoms with E-state index in [1.165, 1.54) is 31.2 Å². The Bertz CT molecular complexity index is 1560. The zero-order valence-electron chi connectivity index (χ0n) is 33.1. The summed E-state index contributed by atoms with van der Waals surface area (Å²) >= 11 is 4.13. The van der Waals surface area contributed by atoms with E-state index >= 15 is 0 Å². The molecule has 1 aromatic rings. The van der Waals surface area contributed by atoms with Crippen LogP contribution < -0.4 is 43.0 Å². The molecule has 57 heavy (non-hydrogen) atoms. The Balaban J connectivity index is 3.10. The number of carbonyl (C=O) groups is 8. The van der Waals surface area contributed by atoms with Crippen LogP contribution in [-0.2, 0) is 44.8 Å². The molecule has 13 N–H and O–H groups in total. The van der Waals surface area contributed by atoms with Gasteiger partial charge < -0.3 is 63.4 Å². The zero-order chi connectivity index (χ0) is 43.7. The number of nitrogens with two attached hydrogens (primary N) is 1. The molecule has 0 fully saturated rings. The third-order valence-corrected chi connectivity index (χ3v) is 8.74. The monoisotopic (exact) mass is 826 g/mol. The van der Waals surface area contributed by atoms with Crippen LogP contribution in [0, 0.1) is 11.8 Å². The van der Waals surface area contributed by atoms with E-state index in [-0.39, 0.29) is 30.3 Å². The number of amides is 7. The molecule has 1 aromatic carbocycles. The van der Waals surface area contributed by atoms with Gasteiger partial charge in [-0.1, -0.05) is 39.8 Å². The van der Waals surface area contributed by atoms with Gasteiger partial charge in [-0.2, -0.15) is 12.6 Å². The Morgan fingerprint density at radius 3 is 1.58 bits per heavy atom. The number of carboxylic acids is 1. The van der Waals surface area contributed by atoms with Crippen molar-refractivity contribution in [1.29, 1.82) is 0 Å². The van der Waals surface area contributed by atoms with Crippen molar-refractivity contribution in [2.75, 3.05) is 12.3 Å². The highest BCUT2D eigenvalue weighted by atomic mass is 32.1. The lowest BCUT2D eigenvalue weighted by Gasteiger charge is -2.28. The minimum absolute atomic E-state index is 0.0223. The van der Waals surface area contributed by atoms with E-state index in [4.69, 9.17) is 5.73 Å². The van der Waals surface area contributed by atoms with Crippen LogP contribution in [0.15, 0.2) is 24.3 Å². The van der Waals surface area contributed by atoms with Crippen LogP contribution in [0.1, 0.15) is 60.5 Å². The highest BCUT2D eigenvalue weighted by Gasteiger charge is 2.35. The molecule has 20 nitrogen and oxygen atoms in total. The predicted molar refractivity (Wildman–Crippen MR) is 209 cm³/mol. The minimum atomic E-state index is -1.76. The summed E-state index contributed by atoms with van der Waals surface area (Å²) in [6, 6.07) is -3.83. The van der Waals surface area contributed by atoms with Gasteiger partial charge in [0.05, 0.1) is 24.8 Å². The molecule has 0 aliphatic rings. The number of aliphatic carboxylic acids is 1. The van der Waals surface area contributed by atoms with Crippen molar-refractivity contribution in [3.8, 4) is 5.75 Å². The number of hydrogen-bond acceptors (Lipinski definition) is 13. The first kappa shape index (κ1) is 50.0. The average molecular weight is 827 g/mol. The Morgan fingerprint density at radius 1 is 0.632 bits per heavy atom. The zero-order valence-corrected chi connectivity index (χ0v) is 34.0. The highest BCUT2D eigenvalue weighted by molar-refractivity contribution is 7.80. The van der Waals surface area contributed by atoms with Crippen LogP contribution in [0.2, 0.25) is 0 Å². The normalized spacial score (nSPS) is 15.9. The van der Waals surface area contributed by atoms with Crippen LogP contribution >= 0.6 is 12.6 Å². The molecular weight excluding hydrogens is 769 g/mol. The molecule has 0 unspecified atom stereocenters. The van der Waals surface area contributed by atoms with Crippen LogP contribution in [0.25, 0.3) is 0 Å². The fraction of sp³-hybridized carbons (Fsp3) is 0.611. The lowest BCUT2D eigenvalue weighted by Crippen LogP contribution is -2.62. The van der Waals surface area contributed by atoms with E-state index in [2.05, 4.69) is 49.8 Å². The Hall–Kier alpha value is -4.99. The summed E-state index contributed by atoms with van der Waals surface area (Å²) < 4.78 is 0. The summed E-state index contributed by atoms with van der Waals surface area (Å²) in [5.41, 5.74) is 6.06. The number of aliphatic hydroxyl groups is 2. The molecule has 9 atom stereocenters. The maximum atomic E-state index is 13.4. The van der Waals surface area contributed by atoms with Gasteiger partial charge in [0, 0.05) is 12.2 Å². The van der Waals surface area contributed by atoms with Gasteiger partial charge in [-0.3, -0.25) is 33.6 Å². The molecule has 0 heterocycles. The van der Waals surface area contributed by atoms with Gasteiger partial charge in [-0.05, 0) is 56.7 Å². The van der Waals surface area contributed by atoms with Crippen molar-refractivity contribution < 1.29 is 58.8 Å². The van der Waals surface area contributed by atoms with E-state index in [1.54, 1.807) is 13.8 Å². The van der Waals surface area contributed by atoms with Crippen molar-refractivity contribution >= 4 is 59.9 Å². The second-order valence-electron chi connectivity index (χ2n) is 14.5. The number of thiol groups is 1. The lowest BCUT2D eigenvalue weighted by atomic mass is 10.0. The Labute approximate surface area is 336 Å². The number of phenolic OH excluding ortho intramolecular Hbond substituents is 1. The molecule has 0 saturated carbocycles. The van der Waals surface area contributed by atoms with Gasteiger partial charge in [0.2, 0.25) is 41.4 Å². The van der Waals surface area contributed by atoms with Crippen molar-refractivity contribution in [2.24, 2.45) is 17.6 Å². The number of aromatic hydroxyl groups is 1. The van der Waals surface area contributed by atoms with Crippen molar-refractivity contribution in [3.63, 3.8) is 0 Å². The number of carbonyl (C=O) groups excluding carboxylic acids is 7. The smallest absolute Gasteiger partial charge is 0.326 e. The number of carboxylic acid groups (broad SMARTS) is 1. The number of benzene rings is 1. The fourth-order valence-electron chi connectivity index (χ4n) is 5.15.